The molecule has 50 nitrogen and oxygen atoms in total. The fourth-order valence-corrected chi connectivity index (χ4v) is 16.1. The first-order valence-electron chi connectivity index (χ1n) is 48.7. The van der Waals surface area contributed by atoms with Gasteiger partial charge in [0.05, 0.1) is 39.2 Å². The van der Waals surface area contributed by atoms with Gasteiger partial charge in [-0.1, -0.05) is 82.6 Å². The van der Waals surface area contributed by atoms with Crippen LogP contribution in [0, 0.1) is 22.7 Å². The van der Waals surface area contributed by atoms with Gasteiger partial charge < -0.3 is 154 Å². The molecular weight excluding hydrogens is 1860 g/mol. The lowest BCUT2D eigenvalue weighted by Crippen LogP contribution is -2.61. The second-order valence-electron chi connectivity index (χ2n) is 36.0. The minimum absolute atomic E-state index is 0.0107. The zero-order valence-electron chi connectivity index (χ0n) is 82.0. The molecule has 2 fully saturated rings. The van der Waals surface area contributed by atoms with Crippen molar-refractivity contribution in [3.63, 3.8) is 0 Å². The van der Waals surface area contributed by atoms with Crippen LogP contribution in [0.1, 0.15) is 173 Å². The number of fused-ring (bicyclic) bond motifs is 1. The Hall–Kier alpha value is -14.0. The molecule has 50 heteroatoms. The topological polar surface area (TPSA) is 793 Å². The standard InChI is InChI=1S/C93H148N30O20/c1-6-55(4)44-106-81(133)69(42-58-45-105-61-25-11-10-24-60(58)61)118-89(141)74-32-20-38-122(74)90(142)66(30-19-37-104-93(99)100)116-83(135)65(28-14-17-35-96)115-88(140)73-31-21-39-123(73)91(143)70(43-59-46-101-52-109-59)119-85(137)68(41-57-22-8-7-9-23-57)117-87(139)72(51-125)121-84(136)67(40-54(2)3)113-77(129)49-107-79(131)62(26-12-15-33-94)111-76(128)48-108-80(132)63(29-18-36-103-92(97)98)114-78(130)56(5)110-86(138)71(50-124)120-82(134)64(27-13-16-34-95)112-75(127)47-102-53-126/h7-11,22-25,45-46,52-56,62-74,105,124-125H,6,12-21,26-44,47-51,94-96H2,1-5H3,(H,101,109)(H,102,126)(H,106,133)(H,107,131)(H,108,132)(H,110,138)(H,111,128)(H,112,127)(H,113,129)(H,114,130)(H,115,140)(H,116,135)(H,117,139)(H,118,141)(H,119,137)(H,120,134)(H,121,136)(H4,97,98,103)(H4,99,100,104). The van der Waals surface area contributed by atoms with Crippen molar-refractivity contribution in [2.45, 2.75) is 260 Å². The number of likely N-dealkylation sites (tertiary alicyclic amines) is 2. The van der Waals surface area contributed by atoms with Crippen LogP contribution < -0.4 is 124 Å². The molecule has 34 N–H and O–H groups in total. The van der Waals surface area contributed by atoms with Crippen LogP contribution in [0.2, 0.25) is 0 Å². The van der Waals surface area contributed by atoms with Crippen molar-refractivity contribution < 1.29 is 96.5 Å². The van der Waals surface area contributed by atoms with Crippen molar-refractivity contribution >= 4 is 130 Å². The summed E-state index contributed by atoms with van der Waals surface area (Å²) in [5.41, 5.74) is 30.8. The number of amides is 18. The molecule has 0 aliphatic carbocycles. The number of aromatic nitrogens is 3. The van der Waals surface area contributed by atoms with Gasteiger partial charge in [0.1, 0.15) is 84.6 Å². The number of carbonyl (C=O) groups is 18. The van der Waals surface area contributed by atoms with Gasteiger partial charge in [0.2, 0.25) is 107 Å². The van der Waals surface area contributed by atoms with Crippen molar-refractivity contribution in [2.75, 3.05) is 85.2 Å². The number of para-hydroxylation sites is 1. The van der Waals surface area contributed by atoms with E-state index in [1.807, 2.05) is 38.1 Å². The summed E-state index contributed by atoms with van der Waals surface area (Å²) in [6, 6.07) is -3.53. The number of hydrogen-bond acceptors (Lipinski definition) is 26. The highest BCUT2D eigenvalue weighted by Gasteiger charge is 2.44. The van der Waals surface area contributed by atoms with Crippen molar-refractivity contribution in [1.29, 1.82) is 10.8 Å². The molecule has 4 aromatic rings. The number of carbonyl (C=O) groups excluding carboxylic acids is 18. The van der Waals surface area contributed by atoms with E-state index < -0.39 is 224 Å². The van der Waals surface area contributed by atoms with Crippen LogP contribution >= 0.6 is 0 Å². The summed E-state index contributed by atoms with van der Waals surface area (Å²) in [7, 11) is 0. The third-order valence-corrected chi connectivity index (χ3v) is 24.2. The summed E-state index contributed by atoms with van der Waals surface area (Å²) < 4.78 is 0. The number of nitrogens with one attached hydrogen (secondary N) is 22. The number of H-pyrrole nitrogens is 2. The summed E-state index contributed by atoms with van der Waals surface area (Å²) >= 11 is 0. The third-order valence-electron chi connectivity index (χ3n) is 24.2. The monoisotopic (exact) mass is 2010 g/mol. The fourth-order valence-electron chi connectivity index (χ4n) is 16.1. The largest absolute Gasteiger partial charge is 0.394 e. The summed E-state index contributed by atoms with van der Waals surface area (Å²) in [6.45, 7) is 5.85. The lowest BCUT2D eigenvalue weighted by Gasteiger charge is -2.32. The number of aliphatic hydroxyl groups excluding tert-OH is 2. The highest BCUT2D eigenvalue weighted by Crippen LogP contribution is 2.25. The Morgan fingerprint density at radius 1 is 0.455 bits per heavy atom. The van der Waals surface area contributed by atoms with Gasteiger partial charge in [-0.25, -0.2) is 4.98 Å². The molecule has 0 spiro atoms. The molecule has 2 aromatic heterocycles. The quantitative estimate of drug-likeness (QED) is 0.00845. The van der Waals surface area contributed by atoms with Crippen molar-refractivity contribution in [3.05, 3.63) is 90.1 Å². The Balaban J connectivity index is 1.12. The highest BCUT2D eigenvalue weighted by atomic mass is 16.3. The summed E-state index contributed by atoms with van der Waals surface area (Å²) in [5.74, 6) is -15.2. The molecule has 2 aromatic carbocycles. The first-order chi connectivity index (χ1) is 68.5. The van der Waals surface area contributed by atoms with Crippen LogP contribution in [0.4, 0.5) is 0 Å². The molecule has 0 saturated carbocycles. The summed E-state index contributed by atoms with van der Waals surface area (Å²) in [5, 5.41) is 83.6. The minimum Gasteiger partial charge on any atom is -0.394 e. The maximum atomic E-state index is 15.3. The number of guanidine groups is 2. The van der Waals surface area contributed by atoms with E-state index in [1.54, 1.807) is 50.4 Å². The maximum Gasteiger partial charge on any atom is 0.246 e. The highest BCUT2D eigenvalue weighted by molar-refractivity contribution is 6.01. The van der Waals surface area contributed by atoms with Crippen LogP contribution in [0.3, 0.4) is 0 Å². The molecule has 0 bridgehead atoms. The Morgan fingerprint density at radius 2 is 0.881 bits per heavy atom. The van der Waals surface area contributed by atoms with E-state index in [4.69, 9.17) is 39.5 Å². The van der Waals surface area contributed by atoms with Gasteiger partial charge >= 0.3 is 0 Å². The SMILES string of the molecule is CCC(C)CNC(=O)C(Cc1c[nH]c2ccccc12)NC(=O)C1CCCN1C(=O)C(CCCNC(=N)N)NC(=O)C(CCCCN)NC(=O)C1CCCN1C(=O)C(Cc1cnc[nH]1)NC(=O)C(Cc1ccccc1)NC(=O)C(CO)NC(=O)C(CC(C)C)NC(=O)CNC(=O)C(CCCCN)NC(=O)CNC(=O)C(CCCNC(=N)N)NC(=O)C(C)NC(=O)C(CO)NC(=O)C(CCCCN)NC(=O)CNC=O. The molecule has 2 aliphatic rings. The average Bonchev–Trinajstić information content (AvgIpc) is 1.69. The van der Waals surface area contributed by atoms with Gasteiger partial charge in [0.15, 0.2) is 11.9 Å². The number of imidazole rings is 1. The molecule has 15 atom stereocenters. The van der Waals surface area contributed by atoms with Crippen molar-refractivity contribution in [2.24, 2.45) is 40.5 Å². The number of nitrogens with two attached hydrogens (primary N) is 5. The van der Waals surface area contributed by atoms with Crippen molar-refractivity contribution in [1.82, 2.24) is 120 Å². The van der Waals surface area contributed by atoms with E-state index in [-0.39, 0.29) is 166 Å². The maximum absolute atomic E-state index is 15.3. The first-order valence-corrected chi connectivity index (χ1v) is 48.7. The van der Waals surface area contributed by atoms with E-state index in [1.165, 1.54) is 29.2 Å². The fraction of sp³-hybridized carbons (Fsp3) is 0.602. The van der Waals surface area contributed by atoms with Crippen LogP contribution in [0.15, 0.2) is 73.3 Å². The average molecular weight is 2010 g/mol. The predicted molar refractivity (Wildman–Crippen MR) is 526 cm³/mol. The van der Waals surface area contributed by atoms with Crippen LogP contribution in [-0.4, -0.2) is 324 Å². The number of benzene rings is 2. The number of aliphatic hydroxyl groups is 2. The van der Waals surface area contributed by atoms with E-state index >= 15 is 14.4 Å². The normalized spacial score (nSPS) is 16.0. The van der Waals surface area contributed by atoms with Gasteiger partial charge in [-0.3, -0.25) is 97.1 Å². The van der Waals surface area contributed by atoms with Gasteiger partial charge in [-0.05, 0) is 171 Å². The van der Waals surface area contributed by atoms with Gasteiger partial charge in [0.25, 0.3) is 0 Å². The third kappa shape index (κ3) is 40.9. The summed E-state index contributed by atoms with van der Waals surface area (Å²) in [6.07, 6.45) is 8.52. The Bertz CT molecular complexity index is 4860. The number of unbranched alkanes of at least 4 members (excludes halogenated alkanes) is 3. The molecule has 143 heavy (non-hydrogen) atoms. The van der Waals surface area contributed by atoms with Gasteiger partial charge in [-0.15, -0.1) is 0 Å². The number of rotatable bonds is 66. The van der Waals surface area contributed by atoms with E-state index in [9.17, 15) is 82.1 Å². The molecular formula is C93H148N30O20. The number of nitrogens with zero attached hydrogens (tertiary/aromatic N) is 3. The van der Waals surface area contributed by atoms with E-state index in [0.717, 1.165) is 22.9 Å². The molecule has 18 amide bonds. The minimum atomic E-state index is -1.81. The Kier molecular flexibility index (Phi) is 51.9. The zero-order valence-corrected chi connectivity index (χ0v) is 82.0. The van der Waals surface area contributed by atoms with E-state index in [2.05, 4.69) is 111 Å². The van der Waals surface area contributed by atoms with Gasteiger partial charge in [-0.2, -0.15) is 0 Å². The predicted octanol–water partition coefficient (Wildman–Crippen LogP) is -7.18. The molecule has 4 heterocycles. The lowest BCUT2D eigenvalue weighted by molar-refractivity contribution is -0.143. The second kappa shape index (κ2) is 63.0. The smallest absolute Gasteiger partial charge is 0.246 e. The van der Waals surface area contributed by atoms with Crippen LogP contribution in [0.25, 0.3) is 10.9 Å². The van der Waals surface area contributed by atoms with Gasteiger partial charge in [0, 0.05) is 81.0 Å². The molecule has 2 saturated heterocycles. The molecule has 15 unspecified atom stereocenters. The Morgan fingerprint density at radius 3 is 1.40 bits per heavy atom. The summed E-state index contributed by atoms with van der Waals surface area (Å²) in [4.78, 5) is 265. The second-order valence-corrected chi connectivity index (χ2v) is 36.0. The number of aromatic amines is 2. The van der Waals surface area contributed by atoms with Crippen LogP contribution in [0.5, 0.6) is 0 Å². The first kappa shape index (κ1) is 118. The van der Waals surface area contributed by atoms with Crippen LogP contribution in [-0.2, 0) is 106 Å². The molecule has 790 valence electrons. The molecule has 0 radical (unpaired) electrons. The zero-order chi connectivity index (χ0) is 105. The van der Waals surface area contributed by atoms with E-state index in [0.29, 0.717) is 56.3 Å². The molecule has 6 rings (SSSR count). The lowest BCUT2D eigenvalue weighted by atomic mass is 10.0. The van der Waals surface area contributed by atoms with Crippen molar-refractivity contribution in [3.8, 4) is 0 Å². The number of hydrogen-bond donors (Lipinski definition) is 29. The molecule has 2 aliphatic heterocycles. The Labute approximate surface area is 830 Å².